The summed E-state index contributed by atoms with van der Waals surface area (Å²) < 4.78 is 5.54. The van der Waals surface area contributed by atoms with Crippen molar-refractivity contribution in [2.24, 2.45) is 5.92 Å². The first kappa shape index (κ1) is 13.1. The fourth-order valence-corrected chi connectivity index (χ4v) is 2.40. The average Bonchev–Trinajstić information content (AvgIpc) is 2.38. The van der Waals surface area contributed by atoms with E-state index in [1.165, 1.54) is 31.5 Å². The second-order valence-corrected chi connectivity index (χ2v) is 5.06. The van der Waals surface area contributed by atoms with Crippen LogP contribution in [-0.4, -0.2) is 22.7 Å². The Hall–Kier alpha value is -1.29. The van der Waals surface area contributed by atoms with Crippen LogP contribution >= 0.6 is 11.6 Å². The Labute approximate surface area is 111 Å². The Kier molecular flexibility index (Phi) is 4.42. The van der Waals surface area contributed by atoms with Gasteiger partial charge in [0.2, 0.25) is 5.88 Å². The largest absolute Gasteiger partial charge is 0.477 e. The number of carboxylic acids is 1. The van der Waals surface area contributed by atoms with Crippen LogP contribution in [0.4, 0.5) is 0 Å². The molecule has 0 spiro atoms. The molecule has 0 amide bonds. The zero-order chi connectivity index (χ0) is 13.0. The summed E-state index contributed by atoms with van der Waals surface area (Å²) in [6, 6.07) is 1.37. The highest BCUT2D eigenvalue weighted by Crippen LogP contribution is 2.25. The number of aromatic nitrogens is 1. The molecule has 1 aromatic rings. The molecule has 1 N–H and O–H groups in total. The van der Waals surface area contributed by atoms with Gasteiger partial charge in [0.15, 0.2) is 0 Å². The van der Waals surface area contributed by atoms with Crippen LogP contribution in [0.1, 0.15) is 42.5 Å². The number of ether oxygens (including phenoxy) is 1. The van der Waals surface area contributed by atoms with E-state index in [1.807, 2.05) is 0 Å². The van der Waals surface area contributed by atoms with Gasteiger partial charge in [0.1, 0.15) is 5.56 Å². The van der Waals surface area contributed by atoms with Crippen LogP contribution in [0, 0.1) is 5.92 Å². The van der Waals surface area contributed by atoms with E-state index in [-0.39, 0.29) is 11.4 Å². The molecule has 1 aliphatic carbocycles. The zero-order valence-corrected chi connectivity index (χ0v) is 10.8. The Bertz CT molecular complexity index is 430. The maximum absolute atomic E-state index is 11.0. The first-order valence-corrected chi connectivity index (χ1v) is 6.56. The topological polar surface area (TPSA) is 59.4 Å². The van der Waals surface area contributed by atoms with Gasteiger partial charge in [-0.25, -0.2) is 9.78 Å². The van der Waals surface area contributed by atoms with Gasteiger partial charge in [-0.1, -0.05) is 30.9 Å². The average molecular weight is 270 g/mol. The van der Waals surface area contributed by atoms with Crippen molar-refractivity contribution in [2.75, 3.05) is 6.61 Å². The summed E-state index contributed by atoms with van der Waals surface area (Å²) in [6.45, 7) is 0.537. The molecule has 18 heavy (non-hydrogen) atoms. The van der Waals surface area contributed by atoms with E-state index in [0.29, 0.717) is 17.5 Å². The molecule has 0 saturated heterocycles. The number of nitrogens with zero attached hydrogens (tertiary/aromatic N) is 1. The number of carboxylic acid groups (broad SMARTS) is 1. The molecular formula is C13H16ClNO3. The molecule has 2 rings (SSSR count). The maximum Gasteiger partial charge on any atom is 0.341 e. The highest BCUT2D eigenvalue weighted by molar-refractivity contribution is 6.30. The number of halogens is 1. The van der Waals surface area contributed by atoms with Crippen molar-refractivity contribution in [1.29, 1.82) is 0 Å². The first-order chi connectivity index (χ1) is 8.66. The third-order valence-corrected chi connectivity index (χ3v) is 3.44. The van der Waals surface area contributed by atoms with E-state index >= 15 is 0 Å². The number of hydrogen-bond donors (Lipinski definition) is 1. The molecule has 1 aromatic heterocycles. The molecule has 0 aliphatic heterocycles. The van der Waals surface area contributed by atoms with Crippen LogP contribution in [-0.2, 0) is 0 Å². The van der Waals surface area contributed by atoms with E-state index in [4.69, 9.17) is 21.4 Å². The molecule has 1 saturated carbocycles. The maximum atomic E-state index is 11.0. The summed E-state index contributed by atoms with van der Waals surface area (Å²) in [6.07, 6.45) is 7.45. The number of rotatable bonds is 4. The molecule has 1 heterocycles. The molecule has 4 nitrogen and oxygen atoms in total. The van der Waals surface area contributed by atoms with Gasteiger partial charge < -0.3 is 9.84 Å². The normalized spacial score (nSPS) is 16.5. The van der Waals surface area contributed by atoms with Crippen LogP contribution < -0.4 is 4.74 Å². The van der Waals surface area contributed by atoms with Crippen LogP contribution in [0.25, 0.3) is 0 Å². The quantitative estimate of drug-likeness (QED) is 0.910. The minimum atomic E-state index is -1.07. The summed E-state index contributed by atoms with van der Waals surface area (Å²) >= 11 is 5.73. The van der Waals surface area contributed by atoms with Crippen LogP contribution in [0.2, 0.25) is 5.02 Å². The fourth-order valence-electron chi connectivity index (χ4n) is 2.25. The monoisotopic (exact) mass is 269 g/mol. The summed E-state index contributed by atoms with van der Waals surface area (Å²) in [5.41, 5.74) is 0.0262. The fraction of sp³-hybridized carbons (Fsp3) is 0.538. The molecule has 1 fully saturated rings. The smallest absolute Gasteiger partial charge is 0.341 e. The Morgan fingerprint density at radius 1 is 1.44 bits per heavy atom. The third kappa shape index (κ3) is 3.35. The summed E-state index contributed by atoms with van der Waals surface area (Å²) in [7, 11) is 0. The predicted molar refractivity (Wildman–Crippen MR) is 68.3 cm³/mol. The number of hydrogen-bond acceptors (Lipinski definition) is 3. The minimum Gasteiger partial charge on any atom is -0.477 e. The van der Waals surface area contributed by atoms with E-state index in [2.05, 4.69) is 4.98 Å². The highest BCUT2D eigenvalue weighted by Gasteiger charge is 2.17. The van der Waals surface area contributed by atoms with Gasteiger partial charge in [0.25, 0.3) is 0 Å². The summed E-state index contributed by atoms with van der Waals surface area (Å²) in [5, 5.41) is 9.35. The van der Waals surface area contributed by atoms with Crippen LogP contribution in [0.5, 0.6) is 5.88 Å². The van der Waals surface area contributed by atoms with Gasteiger partial charge in [0, 0.05) is 6.20 Å². The van der Waals surface area contributed by atoms with E-state index in [9.17, 15) is 4.79 Å². The highest BCUT2D eigenvalue weighted by atomic mass is 35.5. The van der Waals surface area contributed by atoms with E-state index < -0.39 is 5.97 Å². The zero-order valence-electron chi connectivity index (χ0n) is 10.1. The van der Waals surface area contributed by atoms with Crippen LogP contribution in [0.15, 0.2) is 12.3 Å². The Balaban J connectivity index is 2.01. The molecule has 1 aliphatic rings. The molecule has 5 heteroatoms. The SMILES string of the molecule is O=C(O)c1cc(Cl)cnc1OCC1CCCCC1. The molecule has 0 bridgehead atoms. The van der Waals surface area contributed by atoms with E-state index in [0.717, 1.165) is 12.8 Å². The molecule has 0 aromatic carbocycles. The van der Waals surface area contributed by atoms with Gasteiger partial charge in [-0.15, -0.1) is 0 Å². The summed E-state index contributed by atoms with van der Waals surface area (Å²) in [4.78, 5) is 15.0. The second-order valence-electron chi connectivity index (χ2n) is 4.63. The lowest BCUT2D eigenvalue weighted by Gasteiger charge is -2.21. The number of aromatic carboxylic acids is 1. The van der Waals surface area contributed by atoms with Crippen molar-refractivity contribution in [3.8, 4) is 5.88 Å². The first-order valence-electron chi connectivity index (χ1n) is 6.18. The standard InChI is InChI=1S/C13H16ClNO3/c14-10-6-11(13(16)17)12(15-7-10)18-8-9-4-2-1-3-5-9/h6-7,9H,1-5,8H2,(H,16,17). The van der Waals surface area contributed by atoms with Crippen molar-refractivity contribution in [2.45, 2.75) is 32.1 Å². The van der Waals surface area contributed by atoms with Gasteiger partial charge in [-0.05, 0) is 24.8 Å². The molecule has 0 atom stereocenters. The van der Waals surface area contributed by atoms with Crippen LogP contribution in [0.3, 0.4) is 0 Å². The van der Waals surface area contributed by atoms with Gasteiger partial charge >= 0.3 is 5.97 Å². The lowest BCUT2D eigenvalue weighted by molar-refractivity contribution is 0.0689. The molecule has 0 radical (unpaired) electrons. The molecular weight excluding hydrogens is 254 g/mol. The number of carbonyl (C=O) groups is 1. The predicted octanol–water partition coefficient (Wildman–Crippen LogP) is 3.39. The summed E-state index contributed by atoms with van der Waals surface area (Å²) in [5.74, 6) is -0.390. The Morgan fingerprint density at radius 2 is 2.17 bits per heavy atom. The van der Waals surface area contributed by atoms with Crippen molar-refractivity contribution < 1.29 is 14.6 Å². The van der Waals surface area contributed by atoms with Crippen molar-refractivity contribution in [1.82, 2.24) is 4.98 Å². The third-order valence-electron chi connectivity index (χ3n) is 3.23. The Morgan fingerprint density at radius 3 is 2.83 bits per heavy atom. The van der Waals surface area contributed by atoms with E-state index in [1.54, 1.807) is 0 Å². The van der Waals surface area contributed by atoms with Crippen molar-refractivity contribution >= 4 is 17.6 Å². The lowest BCUT2D eigenvalue weighted by atomic mass is 9.90. The van der Waals surface area contributed by atoms with Crippen molar-refractivity contribution in [3.05, 3.63) is 22.8 Å². The number of pyridine rings is 1. The molecule has 98 valence electrons. The van der Waals surface area contributed by atoms with Gasteiger partial charge in [0.05, 0.1) is 11.6 Å². The van der Waals surface area contributed by atoms with Crippen molar-refractivity contribution in [3.63, 3.8) is 0 Å². The van der Waals surface area contributed by atoms with Gasteiger partial charge in [-0.3, -0.25) is 0 Å². The second kappa shape index (κ2) is 6.05. The lowest BCUT2D eigenvalue weighted by Crippen LogP contribution is -2.17. The van der Waals surface area contributed by atoms with Gasteiger partial charge in [-0.2, -0.15) is 0 Å². The minimum absolute atomic E-state index is 0.0262. The molecule has 0 unspecified atom stereocenters.